The van der Waals surface area contributed by atoms with Crippen LogP contribution in [0.4, 0.5) is 0 Å². The molecule has 0 unspecified atom stereocenters. The molecule has 0 saturated carbocycles. The number of hydrogen-bond acceptors (Lipinski definition) is 6. The normalized spacial score (nSPS) is 14.8. The number of carboxylic acids is 1. The molecule has 0 saturated heterocycles. The minimum Gasteiger partial charge on any atom is -0.493 e. The van der Waals surface area contributed by atoms with E-state index in [-0.39, 0.29) is 6.61 Å². The number of aromatic carboxylic acids is 1. The van der Waals surface area contributed by atoms with Crippen LogP contribution in [0.2, 0.25) is 0 Å². The lowest BCUT2D eigenvalue weighted by atomic mass is 9.98. The minimum atomic E-state index is -0.923. The molecule has 52 heavy (non-hydrogen) atoms. The van der Waals surface area contributed by atoms with Crippen molar-refractivity contribution in [3.8, 4) is 22.6 Å². The van der Waals surface area contributed by atoms with Gasteiger partial charge in [0.1, 0.15) is 29.5 Å². The van der Waals surface area contributed by atoms with Crippen molar-refractivity contribution in [2.45, 2.75) is 51.9 Å². The highest BCUT2D eigenvalue weighted by Crippen LogP contribution is 2.39. The molecule has 1 N–H and O–H groups in total. The second-order valence-corrected chi connectivity index (χ2v) is 13.4. The van der Waals surface area contributed by atoms with Crippen LogP contribution in [0.25, 0.3) is 38.4 Å². The van der Waals surface area contributed by atoms with Gasteiger partial charge in [-0.2, -0.15) is 5.10 Å². The number of carboxylic acid groups (broad SMARTS) is 1. The molecule has 0 aliphatic carbocycles. The zero-order chi connectivity index (χ0) is 35.4. The van der Waals surface area contributed by atoms with E-state index in [2.05, 4.69) is 48.5 Å². The molecular formula is C43H43N3O6. The molecule has 4 heterocycles. The van der Waals surface area contributed by atoms with Gasteiger partial charge in [-0.1, -0.05) is 72.8 Å². The number of ether oxygens (including phenoxy) is 4. The Morgan fingerprint density at radius 1 is 0.904 bits per heavy atom. The Morgan fingerprint density at radius 3 is 2.58 bits per heavy atom. The highest BCUT2D eigenvalue weighted by atomic mass is 16.5. The Labute approximate surface area is 303 Å². The van der Waals surface area contributed by atoms with Crippen LogP contribution in [0, 0.1) is 0 Å². The van der Waals surface area contributed by atoms with E-state index >= 15 is 0 Å². The second kappa shape index (κ2) is 15.1. The lowest BCUT2D eigenvalue weighted by Gasteiger charge is -2.14. The molecule has 8 rings (SSSR count). The summed E-state index contributed by atoms with van der Waals surface area (Å²) < 4.78 is 28.2. The maximum Gasteiger partial charge on any atom is 0.352 e. The third-order valence-corrected chi connectivity index (χ3v) is 10.2. The Balaban J connectivity index is 1.13. The van der Waals surface area contributed by atoms with Gasteiger partial charge in [0.15, 0.2) is 0 Å². The van der Waals surface area contributed by atoms with E-state index in [0.717, 1.165) is 87.1 Å². The van der Waals surface area contributed by atoms with Gasteiger partial charge in [-0.3, -0.25) is 4.68 Å². The number of benzene rings is 4. The van der Waals surface area contributed by atoms with E-state index in [1.165, 1.54) is 11.1 Å². The fraction of sp³-hybridized carbons (Fsp3) is 0.302. The smallest absolute Gasteiger partial charge is 0.352 e. The third kappa shape index (κ3) is 6.69. The van der Waals surface area contributed by atoms with Crippen molar-refractivity contribution in [2.75, 3.05) is 26.4 Å². The number of aryl methyl sites for hydroxylation is 3. The van der Waals surface area contributed by atoms with Crippen LogP contribution >= 0.6 is 0 Å². The maximum absolute atomic E-state index is 13.1. The first-order valence-corrected chi connectivity index (χ1v) is 18.2. The fourth-order valence-electron chi connectivity index (χ4n) is 7.70. The average molecular weight is 698 g/mol. The van der Waals surface area contributed by atoms with Crippen LogP contribution in [0.3, 0.4) is 0 Å². The van der Waals surface area contributed by atoms with Gasteiger partial charge in [0.2, 0.25) is 0 Å². The van der Waals surface area contributed by atoms with Crippen LogP contribution < -0.4 is 9.47 Å². The second-order valence-electron chi connectivity index (χ2n) is 13.4. The molecule has 9 nitrogen and oxygen atoms in total. The number of rotatable bonds is 10. The highest BCUT2D eigenvalue weighted by molar-refractivity contribution is 6.04. The van der Waals surface area contributed by atoms with E-state index in [9.17, 15) is 9.90 Å². The van der Waals surface area contributed by atoms with Crippen molar-refractivity contribution in [3.05, 3.63) is 119 Å². The van der Waals surface area contributed by atoms with Crippen molar-refractivity contribution in [1.29, 1.82) is 0 Å². The van der Waals surface area contributed by atoms with Crippen molar-refractivity contribution in [1.82, 2.24) is 14.3 Å². The lowest BCUT2D eigenvalue weighted by Crippen LogP contribution is -2.12. The zero-order valence-electron chi connectivity index (χ0n) is 29.5. The SMILES string of the molecule is Cn1nc(COc2ccc(C3=CCOCC3)cc2)c2c1COCCCCn1c(C(=O)O)c(CCCOc3cccc4ccccc34)c3cccc-2c31. The van der Waals surface area contributed by atoms with Crippen molar-refractivity contribution in [3.63, 3.8) is 0 Å². The van der Waals surface area contributed by atoms with Crippen molar-refractivity contribution < 1.29 is 28.8 Å². The van der Waals surface area contributed by atoms with Gasteiger partial charge in [0, 0.05) is 42.1 Å². The van der Waals surface area contributed by atoms with Crippen LogP contribution in [-0.4, -0.2) is 51.9 Å². The maximum atomic E-state index is 13.1. The molecule has 0 atom stereocenters. The summed E-state index contributed by atoms with van der Waals surface area (Å²) in [6.07, 6.45) is 5.89. The molecule has 0 spiro atoms. The standard InChI is InChI=1S/C43H43N3O6/c1-45-38-28-50-23-5-4-22-46-41-34(35(42(46)43(47)48)14-8-24-51-39-15-6-10-31-9-2-3-11-33(31)39)12-7-13-36(41)40(38)37(44-45)27-52-32-18-16-29(17-19-32)30-20-25-49-26-21-30/h2-3,6-7,9-13,15-20H,4-5,8,14,21-28H2,1H3,(H,47,48). The molecule has 2 aliphatic rings. The Hall–Kier alpha value is -5.38. The molecule has 9 heteroatoms. The number of carbonyl (C=O) groups is 1. The molecule has 4 aromatic carbocycles. The highest BCUT2D eigenvalue weighted by Gasteiger charge is 2.28. The monoisotopic (exact) mass is 697 g/mol. The summed E-state index contributed by atoms with van der Waals surface area (Å²) in [5.41, 5.74) is 8.14. The van der Waals surface area contributed by atoms with E-state index in [1.807, 2.05) is 58.8 Å². The summed E-state index contributed by atoms with van der Waals surface area (Å²) in [6, 6.07) is 28.6. The zero-order valence-corrected chi connectivity index (χ0v) is 29.5. The summed E-state index contributed by atoms with van der Waals surface area (Å²) in [5, 5.41) is 18.8. The average Bonchev–Trinajstić information content (AvgIpc) is 3.66. The third-order valence-electron chi connectivity index (χ3n) is 10.2. The molecule has 2 aromatic heterocycles. The number of nitrogens with zero attached hydrogens (tertiary/aromatic N) is 3. The Bertz CT molecular complexity index is 2260. The molecule has 2 aliphatic heterocycles. The van der Waals surface area contributed by atoms with Crippen LogP contribution in [0.15, 0.2) is 91.0 Å². The van der Waals surface area contributed by atoms with Gasteiger partial charge in [-0.05, 0) is 72.4 Å². The molecular weight excluding hydrogens is 654 g/mol. The van der Waals surface area contributed by atoms with Crippen LogP contribution in [0.5, 0.6) is 11.5 Å². The van der Waals surface area contributed by atoms with E-state index in [1.54, 1.807) is 0 Å². The first-order chi connectivity index (χ1) is 25.6. The number of aromatic nitrogens is 3. The van der Waals surface area contributed by atoms with Gasteiger partial charge in [0.25, 0.3) is 0 Å². The number of fused-ring (bicyclic) bond motifs is 3. The summed E-state index contributed by atoms with van der Waals surface area (Å²) in [7, 11) is 1.94. The Morgan fingerprint density at radius 2 is 1.73 bits per heavy atom. The van der Waals surface area contributed by atoms with Gasteiger partial charge >= 0.3 is 5.97 Å². The summed E-state index contributed by atoms with van der Waals surface area (Å²) >= 11 is 0. The predicted octanol–water partition coefficient (Wildman–Crippen LogP) is 8.60. The molecule has 0 amide bonds. The molecule has 0 fully saturated rings. The minimum absolute atomic E-state index is 0.250. The molecule has 6 aromatic rings. The summed E-state index contributed by atoms with van der Waals surface area (Å²) in [4.78, 5) is 13.1. The van der Waals surface area contributed by atoms with Gasteiger partial charge in [0.05, 0.1) is 37.6 Å². The lowest BCUT2D eigenvalue weighted by molar-refractivity contribution is 0.0683. The quantitative estimate of drug-likeness (QED) is 0.143. The van der Waals surface area contributed by atoms with Gasteiger partial charge in [-0.15, -0.1) is 0 Å². The van der Waals surface area contributed by atoms with Crippen molar-refractivity contribution >= 4 is 33.2 Å². The topological polar surface area (TPSA) is 97.0 Å². The van der Waals surface area contributed by atoms with Gasteiger partial charge < -0.3 is 28.6 Å². The van der Waals surface area contributed by atoms with Crippen molar-refractivity contribution in [2.24, 2.45) is 7.05 Å². The first kappa shape index (κ1) is 33.7. The Kier molecular flexibility index (Phi) is 9.78. The van der Waals surface area contributed by atoms with E-state index in [4.69, 9.17) is 24.0 Å². The van der Waals surface area contributed by atoms with Gasteiger partial charge in [-0.25, -0.2) is 4.79 Å². The molecule has 0 bridgehead atoms. The molecule has 266 valence electrons. The summed E-state index contributed by atoms with van der Waals surface area (Å²) in [5.74, 6) is 0.670. The predicted molar refractivity (Wildman–Crippen MR) is 202 cm³/mol. The fourth-order valence-corrected chi connectivity index (χ4v) is 7.70. The van der Waals surface area contributed by atoms with E-state index in [0.29, 0.717) is 51.5 Å². The number of para-hydroxylation sites is 1. The number of hydrogen-bond donors (Lipinski definition) is 1. The van der Waals surface area contributed by atoms with Crippen LogP contribution in [0.1, 0.15) is 58.7 Å². The van der Waals surface area contributed by atoms with E-state index < -0.39 is 5.97 Å². The summed E-state index contributed by atoms with van der Waals surface area (Å²) in [6.45, 7) is 3.65. The largest absolute Gasteiger partial charge is 0.493 e. The molecule has 0 radical (unpaired) electrons. The van der Waals surface area contributed by atoms with Crippen LogP contribution in [-0.2, 0) is 42.7 Å². The first-order valence-electron chi connectivity index (χ1n) is 18.2.